The minimum atomic E-state index is 0.0388. The number of nitrogens with one attached hydrogen (secondary N) is 2. The first-order valence-electron chi connectivity index (χ1n) is 2.85. The van der Waals surface area contributed by atoms with Crippen LogP contribution in [-0.4, -0.2) is 33.1 Å². The van der Waals surface area contributed by atoms with Crippen LogP contribution in [0.4, 0.5) is 0 Å². The lowest BCUT2D eigenvalue weighted by Crippen LogP contribution is -2.37. The van der Waals surface area contributed by atoms with Gasteiger partial charge in [-0.1, -0.05) is 0 Å². The van der Waals surface area contributed by atoms with Gasteiger partial charge in [0.2, 0.25) is 0 Å². The van der Waals surface area contributed by atoms with Gasteiger partial charge in [0.25, 0.3) is 0 Å². The highest BCUT2D eigenvalue weighted by Gasteiger charge is 1.96. The molecule has 0 saturated heterocycles. The third kappa shape index (κ3) is 7.23. The number of likely N-dealkylation sites (N-methyl/N-ethyl adjacent to an activating group) is 1. The van der Waals surface area contributed by atoms with Gasteiger partial charge < -0.3 is 11.1 Å². The van der Waals surface area contributed by atoms with Crippen LogP contribution in [-0.2, 0) is 0 Å². The standard InChI is InChI=1S/C5H14N4/c1-9(2)4-3-8-5(6)7/h3-4H2,1-2H3,(H4,6,7,8)/q+1. The van der Waals surface area contributed by atoms with Crippen molar-refractivity contribution in [1.29, 1.82) is 5.41 Å². The molecule has 0 bridgehead atoms. The highest BCUT2D eigenvalue weighted by Crippen LogP contribution is 1.63. The Morgan fingerprint density at radius 1 is 1.67 bits per heavy atom. The van der Waals surface area contributed by atoms with Gasteiger partial charge >= 0.3 is 0 Å². The van der Waals surface area contributed by atoms with Crippen molar-refractivity contribution in [3.05, 3.63) is 0 Å². The summed E-state index contributed by atoms with van der Waals surface area (Å²) in [5, 5.41) is 9.48. The van der Waals surface area contributed by atoms with Crippen molar-refractivity contribution in [1.82, 2.24) is 10.2 Å². The smallest absolute Gasteiger partial charge is 0.185 e. The molecule has 0 amide bonds. The summed E-state index contributed by atoms with van der Waals surface area (Å²) in [5.74, 6) is 0.0388. The van der Waals surface area contributed by atoms with Crippen molar-refractivity contribution in [2.24, 2.45) is 5.73 Å². The minimum Gasteiger partial charge on any atom is -0.370 e. The Bertz CT molecular complexity index is 89.0. The van der Waals surface area contributed by atoms with Gasteiger partial charge in [-0.2, -0.15) is 4.90 Å². The Kier molecular flexibility index (Phi) is 3.79. The zero-order valence-electron chi connectivity index (χ0n) is 5.94. The molecule has 0 aliphatic heterocycles. The molecule has 0 saturated carbocycles. The predicted molar refractivity (Wildman–Crippen MR) is 38.8 cm³/mol. The summed E-state index contributed by atoms with van der Waals surface area (Å²) in [6, 6.07) is 0. The van der Waals surface area contributed by atoms with Gasteiger partial charge in [-0.15, -0.1) is 0 Å². The maximum absolute atomic E-state index is 6.79. The summed E-state index contributed by atoms with van der Waals surface area (Å²) >= 11 is 0. The van der Waals surface area contributed by atoms with Gasteiger partial charge in [0.05, 0.1) is 6.54 Å². The predicted octanol–water partition coefficient (Wildman–Crippen LogP) is -1.13. The molecule has 0 unspecified atom stereocenters. The lowest BCUT2D eigenvalue weighted by molar-refractivity contribution is 0.558. The molecule has 0 aromatic carbocycles. The highest BCUT2D eigenvalue weighted by atomic mass is 15.1. The first-order valence-corrected chi connectivity index (χ1v) is 2.85. The number of hydrogen-bond donors (Lipinski definition) is 3. The molecule has 0 aliphatic rings. The fourth-order valence-electron chi connectivity index (χ4n) is 0.414. The summed E-state index contributed by atoms with van der Waals surface area (Å²) in [6.07, 6.45) is 0. The van der Waals surface area contributed by atoms with Crippen LogP contribution >= 0.6 is 0 Å². The van der Waals surface area contributed by atoms with E-state index < -0.39 is 0 Å². The first-order chi connectivity index (χ1) is 4.13. The maximum Gasteiger partial charge on any atom is 0.185 e. The van der Waals surface area contributed by atoms with Gasteiger partial charge in [-0.3, -0.25) is 5.41 Å². The van der Waals surface area contributed by atoms with E-state index in [-0.39, 0.29) is 5.96 Å². The quantitative estimate of drug-likeness (QED) is 0.257. The molecule has 4 nitrogen and oxygen atoms in total. The summed E-state index contributed by atoms with van der Waals surface area (Å²) in [5.41, 5.74) is 5.03. The molecule has 0 aromatic heterocycles. The van der Waals surface area contributed by atoms with Crippen LogP contribution in [0.1, 0.15) is 0 Å². The lowest BCUT2D eigenvalue weighted by Gasteiger charge is -2.01. The van der Waals surface area contributed by atoms with Crippen LogP contribution in [0.15, 0.2) is 0 Å². The number of hydrogen-bond acceptors (Lipinski definition) is 2. The van der Waals surface area contributed by atoms with Crippen molar-refractivity contribution >= 4 is 5.96 Å². The zero-order valence-corrected chi connectivity index (χ0v) is 5.94. The molecule has 0 rings (SSSR count). The number of nitrogens with zero attached hydrogens (tertiary/aromatic N) is 1. The van der Waals surface area contributed by atoms with Crippen LogP contribution in [0.3, 0.4) is 0 Å². The monoisotopic (exact) mass is 130 g/mol. The number of nitrogens with two attached hydrogens (primary N) is 1. The van der Waals surface area contributed by atoms with Gasteiger partial charge in [0, 0.05) is 0 Å². The molecular weight excluding hydrogens is 116 g/mol. The zero-order chi connectivity index (χ0) is 7.28. The normalized spacial score (nSPS) is 9.67. The van der Waals surface area contributed by atoms with Crippen molar-refractivity contribution in [2.75, 3.05) is 27.2 Å². The molecular formula is C5H14N4+. The fraction of sp³-hybridized carbons (Fsp3) is 0.800. The molecule has 0 aromatic rings. The Balaban J connectivity index is 3.01. The Morgan fingerprint density at radius 3 is 2.56 bits per heavy atom. The molecule has 0 aliphatic carbocycles. The average Bonchev–Trinajstić information content (AvgIpc) is 1.63. The first kappa shape index (κ1) is 8.23. The van der Waals surface area contributed by atoms with E-state index in [0.717, 1.165) is 13.1 Å². The SMILES string of the molecule is C[N+](C)CCNC(=N)N. The van der Waals surface area contributed by atoms with Crippen LogP contribution in [0.25, 0.3) is 0 Å². The summed E-state index contributed by atoms with van der Waals surface area (Å²) in [7, 11) is 3.95. The Hall–Kier alpha value is -0.770. The fourth-order valence-corrected chi connectivity index (χ4v) is 0.414. The molecule has 4 N–H and O–H groups in total. The van der Waals surface area contributed by atoms with E-state index in [2.05, 4.69) is 5.32 Å². The van der Waals surface area contributed by atoms with Gasteiger partial charge in [0.1, 0.15) is 20.6 Å². The van der Waals surface area contributed by atoms with E-state index in [1.807, 2.05) is 19.0 Å². The van der Waals surface area contributed by atoms with Crippen LogP contribution in [0.2, 0.25) is 0 Å². The second-order valence-corrected chi connectivity index (χ2v) is 2.14. The molecule has 0 atom stereocenters. The lowest BCUT2D eigenvalue weighted by atomic mass is 10.6. The second kappa shape index (κ2) is 4.14. The third-order valence-corrected chi connectivity index (χ3v) is 0.874. The van der Waals surface area contributed by atoms with Crippen molar-refractivity contribution in [2.45, 2.75) is 0 Å². The van der Waals surface area contributed by atoms with Crippen LogP contribution in [0, 0.1) is 5.41 Å². The molecule has 53 valence electrons. The van der Waals surface area contributed by atoms with E-state index in [1.54, 1.807) is 0 Å². The summed E-state index contributed by atoms with van der Waals surface area (Å²) in [6.45, 7) is 1.64. The van der Waals surface area contributed by atoms with Crippen molar-refractivity contribution < 1.29 is 0 Å². The van der Waals surface area contributed by atoms with Gasteiger partial charge in [-0.05, 0) is 0 Å². The summed E-state index contributed by atoms with van der Waals surface area (Å²) in [4.78, 5) is 2.02. The molecule has 0 heterocycles. The van der Waals surface area contributed by atoms with E-state index in [9.17, 15) is 0 Å². The highest BCUT2D eigenvalue weighted by molar-refractivity contribution is 5.74. The summed E-state index contributed by atoms with van der Waals surface area (Å²) < 4.78 is 0. The van der Waals surface area contributed by atoms with Gasteiger partial charge in [0.15, 0.2) is 5.96 Å². The average molecular weight is 130 g/mol. The van der Waals surface area contributed by atoms with Crippen molar-refractivity contribution in [3.63, 3.8) is 0 Å². The molecule has 0 fully saturated rings. The molecule has 0 spiro atoms. The van der Waals surface area contributed by atoms with E-state index in [1.165, 1.54) is 0 Å². The van der Waals surface area contributed by atoms with Crippen LogP contribution < -0.4 is 16.0 Å². The third-order valence-electron chi connectivity index (χ3n) is 0.874. The molecule has 1 radical (unpaired) electrons. The topological polar surface area (TPSA) is 67.8 Å². The largest absolute Gasteiger partial charge is 0.370 e. The van der Waals surface area contributed by atoms with Gasteiger partial charge in [-0.25, -0.2) is 0 Å². The van der Waals surface area contributed by atoms with E-state index >= 15 is 0 Å². The van der Waals surface area contributed by atoms with Crippen molar-refractivity contribution in [3.8, 4) is 0 Å². The Labute approximate surface area is 55.5 Å². The van der Waals surface area contributed by atoms with E-state index in [4.69, 9.17) is 11.1 Å². The second-order valence-electron chi connectivity index (χ2n) is 2.14. The number of rotatable bonds is 3. The molecule has 4 heteroatoms. The Morgan fingerprint density at radius 2 is 2.22 bits per heavy atom. The maximum atomic E-state index is 6.79. The number of guanidine groups is 1. The van der Waals surface area contributed by atoms with E-state index in [0.29, 0.717) is 0 Å². The minimum absolute atomic E-state index is 0.0388. The van der Waals surface area contributed by atoms with Crippen LogP contribution in [0.5, 0.6) is 0 Å². The molecule has 9 heavy (non-hydrogen) atoms.